The van der Waals surface area contributed by atoms with Crippen molar-refractivity contribution in [1.82, 2.24) is 0 Å². The predicted molar refractivity (Wildman–Crippen MR) is 65.1 cm³/mol. The van der Waals surface area contributed by atoms with E-state index in [2.05, 4.69) is 14.0 Å². The highest BCUT2D eigenvalue weighted by Gasteiger charge is 2.30. The Morgan fingerprint density at radius 2 is 1.82 bits per heavy atom. The van der Waals surface area contributed by atoms with Crippen molar-refractivity contribution in [2.24, 2.45) is 0 Å². The normalized spacial score (nSPS) is 17.5. The lowest BCUT2D eigenvalue weighted by molar-refractivity contribution is -0.890. The van der Waals surface area contributed by atoms with Crippen LogP contribution >= 0.6 is 0 Å². The van der Waals surface area contributed by atoms with E-state index in [-0.39, 0.29) is 23.0 Å². The zero-order chi connectivity index (χ0) is 11.9. The Morgan fingerprint density at radius 3 is 2.41 bits per heavy atom. The van der Waals surface area contributed by atoms with Crippen LogP contribution in [0.3, 0.4) is 0 Å². The summed E-state index contributed by atoms with van der Waals surface area (Å²) in [5.41, 5.74) is 0. The van der Waals surface area contributed by atoms with Gasteiger partial charge in [-0.05, 0) is 6.42 Å². The first-order chi connectivity index (χ1) is 7.66. The van der Waals surface area contributed by atoms with Crippen LogP contribution in [0.5, 0.6) is 0 Å². The molecule has 0 radical (unpaired) electrons. The van der Waals surface area contributed by atoms with Crippen molar-refractivity contribution in [2.45, 2.75) is 45.4 Å². The van der Waals surface area contributed by atoms with Crippen LogP contribution < -0.4 is 17.0 Å². The Kier molecular flexibility index (Phi) is 8.88. The molecule has 0 saturated carbocycles. The van der Waals surface area contributed by atoms with Gasteiger partial charge in [0.15, 0.2) is 6.54 Å². The number of quaternary nitrogens is 1. The maximum absolute atomic E-state index is 11.6. The van der Waals surface area contributed by atoms with Crippen molar-refractivity contribution in [3.05, 3.63) is 0 Å². The average molecular weight is 308 g/mol. The lowest BCUT2D eigenvalue weighted by atomic mass is 10.2. The van der Waals surface area contributed by atoms with Gasteiger partial charge in [-0.2, -0.15) is 0 Å². The van der Waals surface area contributed by atoms with E-state index in [1.165, 1.54) is 32.1 Å². The molecule has 0 unspecified atom stereocenters. The average Bonchev–Trinajstić information content (AvgIpc) is 2.64. The minimum atomic E-state index is -0.0131. The molecule has 0 spiro atoms. The maximum atomic E-state index is 11.6. The maximum Gasteiger partial charge on any atom is 0.361 e. The van der Waals surface area contributed by atoms with Gasteiger partial charge in [-0.1, -0.05) is 26.2 Å². The number of hydrogen-bond acceptors (Lipinski definition) is 2. The molecule has 0 aromatic carbocycles. The lowest BCUT2D eigenvalue weighted by Crippen LogP contribution is -3.00. The molecule has 1 aliphatic heterocycles. The number of unbranched alkanes of at least 4 members (excludes halogenated alkanes) is 3. The molecule has 0 atom stereocenters. The monoisotopic (exact) mass is 307 g/mol. The lowest BCUT2D eigenvalue weighted by Gasteiger charge is -2.27. The third-order valence-corrected chi connectivity index (χ3v) is 3.42. The summed E-state index contributed by atoms with van der Waals surface area (Å²) in [6.07, 6.45) is 7.16. The summed E-state index contributed by atoms with van der Waals surface area (Å²) >= 11 is 0. The van der Waals surface area contributed by atoms with Crippen LogP contribution in [0.2, 0.25) is 0 Å². The number of carbonyl (C=O) groups is 1. The van der Waals surface area contributed by atoms with E-state index >= 15 is 0 Å². The van der Waals surface area contributed by atoms with Crippen molar-refractivity contribution in [3.63, 3.8) is 0 Å². The van der Waals surface area contributed by atoms with Gasteiger partial charge >= 0.3 is 5.97 Å². The van der Waals surface area contributed by atoms with E-state index in [0.717, 1.165) is 24.0 Å². The van der Waals surface area contributed by atoms with Crippen LogP contribution in [0.1, 0.15) is 45.4 Å². The number of rotatable bonds is 7. The largest absolute Gasteiger partial charge is 1.00 e. The minimum Gasteiger partial charge on any atom is -1.00 e. The fraction of sp³-hybridized carbons (Fsp3) is 0.923. The second kappa shape index (κ2) is 8.92. The molecule has 1 heterocycles. The van der Waals surface area contributed by atoms with Crippen LogP contribution in [-0.4, -0.2) is 43.7 Å². The zero-order valence-corrected chi connectivity index (χ0v) is 12.8. The van der Waals surface area contributed by atoms with E-state index < -0.39 is 0 Å². The van der Waals surface area contributed by atoms with Crippen LogP contribution in [0.4, 0.5) is 0 Å². The zero-order valence-electron chi connectivity index (χ0n) is 11.2. The van der Waals surface area contributed by atoms with Gasteiger partial charge in [0.05, 0.1) is 26.7 Å². The molecule has 0 aromatic rings. The number of ether oxygens (including phenoxy) is 1. The van der Waals surface area contributed by atoms with Gasteiger partial charge in [-0.25, -0.2) is 4.79 Å². The topological polar surface area (TPSA) is 26.3 Å². The number of halogens is 1. The second-order valence-electron chi connectivity index (χ2n) is 5.21. The first-order valence-corrected chi connectivity index (χ1v) is 6.65. The molecular weight excluding hydrogens is 282 g/mol. The summed E-state index contributed by atoms with van der Waals surface area (Å²) in [5, 5.41) is 0. The van der Waals surface area contributed by atoms with Gasteiger partial charge in [0.1, 0.15) is 0 Å². The van der Waals surface area contributed by atoms with Gasteiger partial charge in [0, 0.05) is 12.8 Å². The molecular formula is C13H26BrNO2. The molecule has 3 nitrogen and oxygen atoms in total. The first kappa shape index (κ1) is 16.9. The summed E-state index contributed by atoms with van der Waals surface area (Å²) in [6, 6.07) is 0. The highest BCUT2D eigenvalue weighted by atomic mass is 79.9. The highest BCUT2D eigenvalue weighted by molar-refractivity contribution is 5.70. The van der Waals surface area contributed by atoms with Crippen molar-refractivity contribution < 1.29 is 31.0 Å². The third kappa shape index (κ3) is 7.04. The molecule has 0 N–H and O–H groups in total. The Hall–Kier alpha value is -0.0900. The van der Waals surface area contributed by atoms with Crippen molar-refractivity contribution in [2.75, 3.05) is 33.3 Å². The van der Waals surface area contributed by atoms with Crippen LogP contribution in [0.15, 0.2) is 0 Å². The quantitative estimate of drug-likeness (QED) is 0.355. The Balaban J connectivity index is 0.00000256. The number of likely N-dealkylation sites (N-methyl/N-ethyl adjacent to an activating group) is 1. The number of likely N-dealkylation sites (tertiary alicyclic amines) is 1. The molecule has 1 fully saturated rings. The molecule has 17 heavy (non-hydrogen) atoms. The number of hydrogen-bond donors (Lipinski definition) is 0. The van der Waals surface area contributed by atoms with Crippen molar-refractivity contribution >= 4 is 5.97 Å². The van der Waals surface area contributed by atoms with Crippen LogP contribution in [-0.2, 0) is 9.53 Å². The highest BCUT2D eigenvalue weighted by Crippen LogP contribution is 2.15. The van der Waals surface area contributed by atoms with Gasteiger partial charge in [0.25, 0.3) is 0 Å². The summed E-state index contributed by atoms with van der Waals surface area (Å²) in [4.78, 5) is 11.6. The smallest absolute Gasteiger partial charge is 0.361 e. The van der Waals surface area contributed by atoms with Gasteiger partial charge in [0.2, 0.25) is 0 Å². The minimum absolute atomic E-state index is 0. The Bertz CT molecular complexity index is 215. The third-order valence-electron chi connectivity index (χ3n) is 3.42. The molecule has 102 valence electrons. The van der Waals surface area contributed by atoms with Gasteiger partial charge in [-0.15, -0.1) is 0 Å². The van der Waals surface area contributed by atoms with E-state index in [1.54, 1.807) is 0 Å². The molecule has 1 saturated heterocycles. The second-order valence-corrected chi connectivity index (χ2v) is 5.21. The molecule has 0 bridgehead atoms. The molecule has 0 amide bonds. The van der Waals surface area contributed by atoms with Gasteiger partial charge < -0.3 is 26.2 Å². The fourth-order valence-corrected chi connectivity index (χ4v) is 2.33. The summed E-state index contributed by atoms with van der Waals surface area (Å²) in [5.74, 6) is -0.0131. The molecule has 0 aromatic heterocycles. The SMILES string of the molecule is CCCCCCOC(=O)C[N+]1(C)CCCC1.[Br-]. The Morgan fingerprint density at radius 1 is 1.18 bits per heavy atom. The van der Waals surface area contributed by atoms with Crippen molar-refractivity contribution in [1.29, 1.82) is 0 Å². The molecule has 1 aliphatic rings. The molecule has 1 rings (SSSR count). The predicted octanol–water partition coefficient (Wildman–Crippen LogP) is -0.646. The first-order valence-electron chi connectivity index (χ1n) is 6.65. The van der Waals surface area contributed by atoms with E-state index in [4.69, 9.17) is 4.74 Å². The number of nitrogens with zero attached hydrogens (tertiary/aromatic N) is 1. The van der Waals surface area contributed by atoms with E-state index in [0.29, 0.717) is 13.2 Å². The molecule has 0 aliphatic carbocycles. The summed E-state index contributed by atoms with van der Waals surface area (Å²) in [6.45, 7) is 5.62. The van der Waals surface area contributed by atoms with Crippen LogP contribution in [0.25, 0.3) is 0 Å². The van der Waals surface area contributed by atoms with E-state index in [1.807, 2.05) is 0 Å². The Labute approximate surface area is 116 Å². The number of esters is 1. The standard InChI is InChI=1S/C13H26NO2.BrH/c1-3-4-5-8-11-16-13(15)12-14(2)9-6-7-10-14;/h3-12H2,1-2H3;1H/q+1;/p-1. The summed E-state index contributed by atoms with van der Waals surface area (Å²) in [7, 11) is 2.16. The van der Waals surface area contributed by atoms with Crippen LogP contribution in [0, 0.1) is 0 Å². The summed E-state index contributed by atoms with van der Waals surface area (Å²) < 4.78 is 6.14. The number of carbonyl (C=O) groups excluding carboxylic acids is 1. The van der Waals surface area contributed by atoms with E-state index in [9.17, 15) is 4.79 Å². The van der Waals surface area contributed by atoms with Gasteiger partial charge in [-0.3, -0.25) is 0 Å². The fourth-order valence-electron chi connectivity index (χ4n) is 2.33. The molecule has 4 heteroatoms. The van der Waals surface area contributed by atoms with Crippen molar-refractivity contribution in [3.8, 4) is 0 Å².